The smallest absolute Gasteiger partial charge is 0.335 e. The van der Waals surface area contributed by atoms with Crippen LogP contribution in [0.3, 0.4) is 0 Å². The molecule has 5 nitrogen and oxygen atoms in total. The van der Waals surface area contributed by atoms with Crippen molar-refractivity contribution in [2.24, 2.45) is 10.2 Å². The number of benzene rings is 2. The number of pyridine rings is 1. The van der Waals surface area contributed by atoms with Gasteiger partial charge in [0.25, 0.3) is 0 Å². The maximum absolute atomic E-state index is 10.8. The molecule has 0 bridgehead atoms. The van der Waals surface area contributed by atoms with Crippen molar-refractivity contribution in [2.75, 3.05) is 0 Å². The third-order valence-corrected chi connectivity index (χ3v) is 3.67. The van der Waals surface area contributed by atoms with Crippen LogP contribution >= 0.6 is 0 Å². The van der Waals surface area contributed by atoms with Crippen molar-refractivity contribution in [3.8, 4) is 0 Å². The molecular weight excluding hydrogens is 326 g/mol. The first kappa shape index (κ1) is 17.2. The molecule has 128 valence electrons. The minimum Gasteiger partial charge on any atom is -0.478 e. The van der Waals surface area contributed by atoms with E-state index in [1.54, 1.807) is 30.5 Å². The molecule has 26 heavy (non-hydrogen) atoms. The van der Waals surface area contributed by atoms with Gasteiger partial charge in [-0.25, -0.2) is 4.79 Å². The Morgan fingerprint density at radius 2 is 1.73 bits per heavy atom. The van der Waals surface area contributed by atoms with Crippen LogP contribution in [0.15, 0.2) is 83.2 Å². The quantitative estimate of drug-likeness (QED) is 0.622. The van der Waals surface area contributed by atoms with E-state index in [2.05, 4.69) is 15.2 Å². The first-order valence-corrected chi connectivity index (χ1v) is 8.10. The fraction of sp³-hybridized carbons (Fsp3) is 0.0476. The monoisotopic (exact) mass is 343 g/mol. The van der Waals surface area contributed by atoms with Gasteiger partial charge in [-0.15, -0.1) is 0 Å². The molecule has 0 saturated heterocycles. The third-order valence-electron chi connectivity index (χ3n) is 3.67. The summed E-state index contributed by atoms with van der Waals surface area (Å²) < 4.78 is 0. The summed E-state index contributed by atoms with van der Waals surface area (Å²) in [6.07, 6.45) is 5.71. The lowest BCUT2D eigenvalue weighted by Crippen LogP contribution is -1.95. The highest BCUT2D eigenvalue weighted by Crippen LogP contribution is 2.16. The number of hydrogen-bond acceptors (Lipinski definition) is 4. The summed E-state index contributed by atoms with van der Waals surface area (Å²) in [4.78, 5) is 15.1. The number of carbonyl (C=O) groups is 1. The molecule has 0 aliphatic rings. The molecule has 0 fully saturated rings. The van der Waals surface area contributed by atoms with Crippen LogP contribution in [0, 0.1) is 0 Å². The Kier molecular flexibility index (Phi) is 5.62. The largest absolute Gasteiger partial charge is 0.478 e. The number of rotatable bonds is 6. The Morgan fingerprint density at radius 1 is 0.962 bits per heavy atom. The highest BCUT2D eigenvalue weighted by Gasteiger charge is 2.01. The van der Waals surface area contributed by atoms with Crippen molar-refractivity contribution in [1.82, 2.24) is 4.98 Å². The molecule has 0 amide bonds. The van der Waals surface area contributed by atoms with Crippen LogP contribution in [-0.4, -0.2) is 16.1 Å². The third kappa shape index (κ3) is 4.95. The van der Waals surface area contributed by atoms with E-state index in [0.717, 1.165) is 22.5 Å². The second kappa shape index (κ2) is 8.48. The van der Waals surface area contributed by atoms with Crippen molar-refractivity contribution in [2.45, 2.75) is 6.54 Å². The van der Waals surface area contributed by atoms with Crippen molar-refractivity contribution < 1.29 is 9.90 Å². The topological polar surface area (TPSA) is 74.9 Å². The first-order valence-electron chi connectivity index (χ1n) is 8.10. The van der Waals surface area contributed by atoms with Gasteiger partial charge in [-0.2, -0.15) is 10.2 Å². The van der Waals surface area contributed by atoms with Crippen molar-refractivity contribution >= 4 is 23.8 Å². The van der Waals surface area contributed by atoms with Gasteiger partial charge in [-0.1, -0.05) is 36.4 Å². The molecule has 0 unspecified atom stereocenters. The summed E-state index contributed by atoms with van der Waals surface area (Å²) >= 11 is 0. The van der Waals surface area contributed by atoms with Gasteiger partial charge >= 0.3 is 5.97 Å². The highest BCUT2D eigenvalue weighted by molar-refractivity contribution is 5.87. The Bertz CT molecular complexity index is 916. The number of aromatic carboxylic acids is 1. The summed E-state index contributed by atoms with van der Waals surface area (Å²) in [7, 11) is 0. The molecular formula is C21H17N3O2. The first-order chi connectivity index (χ1) is 12.7. The molecule has 1 heterocycles. The summed E-state index contributed by atoms with van der Waals surface area (Å²) in [5.74, 6) is -0.935. The number of carboxylic acid groups (broad SMARTS) is 1. The summed E-state index contributed by atoms with van der Waals surface area (Å²) in [6, 6.07) is 20.1. The van der Waals surface area contributed by atoms with Crippen LogP contribution in [0.2, 0.25) is 0 Å². The zero-order chi connectivity index (χ0) is 18.2. The molecule has 1 N–H and O–H groups in total. The zero-order valence-corrected chi connectivity index (χ0v) is 14.0. The average molecular weight is 343 g/mol. The highest BCUT2D eigenvalue weighted by atomic mass is 16.4. The van der Waals surface area contributed by atoms with Gasteiger partial charge in [-0.05, 0) is 53.6 Å². The lowest BCUT2D eigenvalue weighted by Gasteiger charge is -1.98. The molecule has 2 aromatic carbocycles. The second-order valence-corrected chi connectivity index (χ2v) is 5.58. The zero-order valence-electron chi connectivity index (χ0n) is 14.0. The molecule has 5 heteroatoms. The van der Waals surface area contributed by atoms with Crippen molar-refractivity contribution in [3.05, 3.63) is 95.3 Å². The molecule has 0 atom stereocenters. The molecule has 0 spiro atoms. The second-order valence-electron chi connectivity index (χ2n) is 5.58. The molecule has 0 aliphatic heterocycles. The number of carboxylic acids is 1. The lowest BCUT2D eigenvalue weighted by atomic mass is 10.1. The summed E-state index contributed by atoms with van der Waals surface area (Å²) in [5.41, 5.74) is 3.90. The van der Waals surface area contributed by atoms with E-state index in [4.69, 9.17) is 5.11 Å². The number of nitrogens with zero attached hydrogens (tertiary/aromatic N) is 3. The van der Waals surface area contributed by atoms with Gasteiger partial charge in [-0.3, -0.25) is 4.98 Å². The van der Waals surface area contributed by atoms with Crippen LogP contribution in [0.1, 0.15) is 27.2 Å². The van der Waals surface area contributed by atoms with Crippen LogP contribution in [0.4, 0.5) is 5.69 Å². The van der Waals surface area contributed by atoms with Gasteiger partial charge in [0.1, 0.15) is 0 Å². The fourth-order valence-electron chi connectivity index (χ4n) is 2.26. The molecule has 0 saturated carbocycles. The van der Waals surface area contributed by atoms with Gasteiger partial charge < -0.3 is 5.11 Å². The summed E-state index contributed by atoms with van der Waals surface area (Å²) in [5, 5.41) is 17.2. The van der Waals surface area contributed by atoms with Gasteiger partial charge in [0.2, 0.25) is 0 Å². The Balaban J connectivity index is 1.57. The minimum absolute atomic E-state index is 0.264. The van der Waals surface area contributed by atoms with Gasteiger partial charge in [0, 0.05) is 6.20 Å². The predicted molar refractivity (Wildman–Crippen MR) is 101 cm³/mol. The van der Waals surface area contributed by atoms with Crippen LogP contribution in [0.5, 0.6) is 0 Å². The lowest BCUT2D eigenvalue weighted by molar-refractivity contribution is 0.0697. The summed E-state index contributed by atoms with van der Waals surface area (Å²) in [6.45, 7) is 0.404. The number of hydrogen-bond donors (Lipinski definition) is 1. The molecule has 1 aromatic heterocycles. The van der Waals surface area contributed by atoms with E-state index >= 15 is 0 Å². The number of aromatic nitrogens is 1. The van der Waals surface area contributed by atoms with Crippen molar-refractivity contribution in [1.29, 1.82) is 0 Å². The van der Waals surface area contributed by atoms with Crippen LogP contribution in [0.25, 0.3) is 12.2 Å². The normalized spacial score (nSPS) is 11.2. The van der Waals surface area contributed by atoms with E-state index in [0.29, 0.717) is 6.54 Å². The maximum atomic E-state index is 10.8. The molecule has 0 aliphatic carbocycles. The van der Waals surface area contributed by atoms with E-state index in [9.17, 15) is 4.79 Å². The Labute approximate surface area is 151 Å². The van der Waals surface area contributed by atoms with Gasteiger partial charge in [0.15, 0.2) is 0 Å². The van der Waals surface area contributed by atoms with E-state index < -0.39 is 5.97 Å². The fourth-order valence-corrected chi connectivity index (χ4v) is 2.26. The Morgan fingerprint density at radius 3 is 2.38 bits per heavy atom. The van der Waals surface area contributed by atoms with Crippen molar-refractivity contribution in [3.63, 3.8) is 0 Å². The van der Waals surface area contributed by atoms with Crippen LogP contribution < -0.4 is 0 Å². The van der Waals surface area contributed by atoms with E-state index in [-0.39, 0.29) is 5.56 Å². The molecule has 3 rings (SSSR count). The molecule has 0 radical (unpaired) electrons. The van der Waals surface area contributed by atoms with Gasteiger partial charge in [0.05, 0.1) is 23.5 Å². The van der Waals surface area contributed by atoms with E-state index in [1.807, 2.05) is 54.6 Å². The van der Waals surface area contributed by atoms with Crippen LogP contribution in [-0.2, 0) is 6.54 Å². The standard InChI is InChI=1S/C21H17N3O2/c25-21(26)18-9-4-17(5-10-18)15-23-24-20-12-7-16(8-13-20)6-11-19-3-1-2-14-22-19/h1-14H,15H2,(H,25,26). The SMILES string of the molecule is O=C(O)c1ccc(CN=Nc2ccc(C=Cc3ccccn3)cc2)cc1. The maximum Gasteiger partial charge on any atom is 0.335 e. The van der Waals surface area contributed by atoms with E-state index in [1.165, 1.54) is 0 Å². The average Bonchev–Trinajstić information content (AvgIpc) is 2.68. The Hall–Kier alpha value is -3.60. The molecule has 3 aromatic rings. The predicted octanol–water partition coefficient (Wildman–Crippen LogP) is 5.23. The number of azo groups is 1. The minimum atomic E-state index is -0.935.